The average Bonchev–Trinajstić information content (AvgIpc) is 3.15. The maximum absolute atomic E-state index is 5.43. The Morgan fingerprint density at radius 3 is 2.54 bits per heavy atom. The molecule has 26 heavy (non-hydrogen) atoms. The van der Waals surface area contributed by atoms with Gasteiger partial charge in [-0.15, -0.1) is 0 Å². The molecular formula is C19H32N6S. The number of anilines is 3. The van der Waals surface area contributed by atoms with Gasteiger partial charge in [-0.1, -0.05) is 13.8 Å². The van der Waals surface area contributed by atoms with E-state index in [-0.39, 0.29) is 0 Å². The number of rotatable bonds is 5. The fourth-order valence-electron chi connectivity index (χ4n) is 3.61. The standard InChI is InChI=1S/C19H32N6S/c1-14(2)13-20-19(26)23-18-21-16(24-9-6-7-10-24)12-17(22-18)25-11-5-4-8-15(25)3/h12,14-15H,4-11,13H2,1-3H3,(H2,20,21,22,23,26). The molecule has 2 saturated heterocycles. The van der Waals surface area contributed by atoms with Gasteiger partial charge in [-0.05, 0) is 57.2 Å². The van der Waals surface area contributed by atoms with Crippen molar-refractivity contribution >= 4 is 34.9 Å². The first-order valence-electron chi connectivity index (χ1n) is 9.98. The highest BCUT2D eigenvalue weighted by Crippen LogP contribution is 2.28. The van der Waals surface area contributed by atoms with Crippen LogP contribution in [0.25, 0.3) is 0 Å². The van der Waals surface area contributed by atoms with E-state index in [0.717, 1.165) is 37.8 Å². The molecule has 0 radical (unpaired) electrons. The lowest BCUT2D eigenvalue weighted by atomic mass is 10.0. The molecule has 2 aliphatic rings. The van der Waals surface area contributed by atoms with Crippen molar-refractivity contribution in [1.29, 1.82) is 0 Å². The minimum absolute atomic E-state index is 0.518. The quantitative estimate of drug-likeness (QED) is 0.764. The van der Waals surface area contributed by atoms with Crippen LogP contribution < -0.4 is 20.4 Å². The van der Waals surface area contributed by atoms with E-state index in [1.54, 1.807) is 0 Å². The van der Waals surface area contributed by atoms with Crippen LogP contribution in [0.2, 0.25) is 0 Å². The lowest BCUT2D eigenvalue weighted by Crippen LogP contribution is -2.38. The molecule has 0 bridgehead atoms. The Morgan fingerprint density at radius 1 is 1.15 bits per heavy atom. The topological polar surface area (TPSA) is 56.3 Å². The molecule has 1 atom stereocenters. The molecule has 0 saturated carbocycles. The molecule has 2 aliphatic heterocycles. The van der Waals surface area contributed by atoms with Crippen molar-refractivity contribution in [2.24, 2.45) is 5.92 Å². The third-order valence-corrected chi connectivity index (χ3v) is 5.37. The van der Waals surface area contributed by atoms with Crippen molar-refractivity contribution < 1.29 is 0 Å². The Kier molecular flexibility index (Phi) is 6.51. The summed E-state index contributed by atoms with van der Waals surface area (Å²) in [4.78, 5) is 14.3. The molecule has 0 aromatic carbocycles. The summed E-state index contributed by atoms with van der Waals surface area (Å²) >= 11 is 5.43. The molecule has 3 heterocycles. The highest BCUT2D eigenvalue weighted by atomic mass is 32.1. The first-order valence-corrected chi connectivity index (χ1v) is 10.4. The Morgan fingerprint density at radius 2 is 1.85 bits per heavy atom. The molecule has 0 amide bonds. The molecule has 2 N–H and O–H groups in total. The van der Waals surface area contributed by atoms with E-state index in [1.807, 2.05) is 0 Å². The number of hydrogen-bond acceptors (Lipinski definition) is 5. The number of nitrogens with one attached hydrogen (secondary N) is 2. The van der Waals surface area contributed by atoms with E-state index in [0.29, 0.717) is 23.0 Å². The number of aromatic nitrogens is 2. The first-order chi connectivity index (χ1) is 12.5. The summed E-state index contributed by atoms with van der Waals surface area (Å²) in [5.41, 5.74) is 0. The van der Waals surface area contributed by atoms with Crippen LogP contribution in [0, 0.1) is 5.92 Å². The summed E-state index contributed by atoms with van der Waals surface area (Å²) in [6.07, 6.45) is 6.22. The summed E-state index contributed by atoms with van der Waals surface area (Å²) in [5.74, 6) is 3.17. The zero-order chi connectivity index (χ0) is 18.5. The minimum Gasteiger partial charge on any atom is -0.362 e. The van der Waals surface area contributed by atoms with E-state index < -0.39 is 0 Å². The van der Waals surface area contributed by atoms with Gasteiger partial charge in [0.1, 0.15) is 11.6 Å². The Bertz CT molecular complexity index is 614. The summed E-state index contributed by atoms with van der Waals surface area (Å²) in [5, 5.41) is 7.03. The second-order valence-corrected chi connectivity index (χ2v) is 8.28. The van der Waals surface area contributed by atoms with Gasteiger partial charge in [0.05, 0.1) is 0 Å². The van der Waals surface area contributed by atoms with Crippen molar-refractivity contribution in [3.63, 3.8) is 0 Å². The second-order valence-electron chi connectivity index (χ2n) is 7.87. The number of thiocarbonyl (C=S) groups is 1. The molecule has 6 nitrogen and oxygen atoms in total. The number of hydrogen-bond donors (Lipinski definition) is 2. The van der Waals surface area contributed by atoms with E-state index >= 15 is 0 Å². The molecule has 0 spiro atoms. The highest BCUT2D eigenvalue weighted by Gasteiger charge is 2.23. The maximum atomic E-state index is 5.43. The molecular weight excluding hydrogens is 344 g/mol. The number of piperidine rings is 1. The third-order valence-electron chi connectivity index (χ3n) is 5.12. The zero-order valence-electron chi connectivity index (χ0n) is 16.3. The van der Waals surface area contributed by atoms with E-state index in [4.69, 9.17) is 22.2 Å². The Labute approximate surface area is 162 Å². The van der Waals surface area contributed by atoms with Crippen molar-refractivity contribution in [2.75, 3.05) is 41.3 Å². The van der Waals surface area contributed by atoms with Gasteiger partial charge in [-0.3, -0.25) is 0 Å². The SMILES string of the molecule is CC(C)CNC(=S)Nc1nc(N2CCCC2)cc(N2CCCCC2C)n1. The van der Waals surface area contributed by atoms with E-state index in [9.17, 15) is 0 Å². The maximum Gasteiger partial charge on any atom is 0.232 e. The van der Waals surface area contributed by atoms with E-state index in [2.05, 4.69) is 47.3 Å². The van der Waals surface area contributed by atoms with Gasteiger partial charge in [0.25, 0.3) is 0 Å². The first kappa shape index (κ1) is 19.1. The van der Waals surface area contributed by atoms with Crippen LogP contribution in [0.4, 0.5) is 17.6 Å². The molecule has 0 aliphatic carbocycles. The van der Waals surface area contributed by atoms with Gasteiger partial charge in [0, 0.05) is 38.3 Å². The largest absolute Gasteiger partial charge is 0.362 e. The Balaban J connectivity index is 1.81. The van der Waals surface area contributed by atoms with Gasteiger partial charge >= 0.3 is 0 Å². The summed E-state index contributed by atoms with van der Waals surface area (Å²) < 4.78 is 0. The average molecular weight is 377 g/mol. The molecule has 1 aromatic heterocycles. The lowest BCUT2D eigenvalue weighted by Gasteiger charge is -2.35. The van der Waals surface area contributed by atoms with Gasteiger partial charge in [-0.2, -0.15) is 9.97 Å². The van der Waals surface area contributed by atoms with Gasteiger partial charge in [0.2, 0.25) is 5.95 Å². The van der Waals surface area contributed by atoms with Crippen LogP contribution in [0.1, 0.15) is 52.9 Å². The monoisotopic (exact) mass is 376 g/mol. The van der Waals surface area contributed by atoms with Crippen molar-refractivity contribution in [2.45, 2.75) is 58.9 Å². The fourth-order valence-corrected chi connectivity index (χ4v) is 3.79. The van der Waals surface area contributed by atoms with Gasteiger partial charge < -0.3 is 20.4 Å². The summed E-state index contributed by atoms with van der Waals surface area (Å²) in [6.45, 7) is 10.7. The fraction of sp³-hybridized carbons (Fsp3) is 0.737. The zero-order valence-corrected chi connectivity index (χ0v) is 17.1. The van der Waals surface area contributed by atoms with Crippen LogP contribution in [0.15, 0.2) is 6.07 Å². The van der Waals surface area contributed by atoms with Gasteiger partial charge in [-0.25, -0.2) is 0 Å². The molecule has 7 heteroatoms. The highest BCUT2D eigenvalue weighted by molar-refractivity contribution is 7.80. The predicted molar refractivity (Wildman–Crippen MR) is 113 cm³/mol. The van der Waals surface area contributed by atoms with Crippen LogP contribution in [0.3, 0.4) is 0 Å². The third kappa shape index (κ3) is 4.96. The van der Waals surface area contributed by atoms with Crippen LogP contribution in [-0.4, -0.2) is 47.3 Å². The van der Waals surface area contributed by atoms with Crippen molar-refractivity contribution in [3.05, 3.63) is 6.07 Å². The number of nitrogens with zero attached hydrogens (tertiary/aromatic N) is 4. The molecule has 3 rings (SSSR count). The smallest absolute Gasteiger partial charge is 0.232 e. The molecule has 1 unspecified atom stereocenters. The van der Waals surface area contributed by atoms with E-state index in [1.165, 1.54) is 32.1 Å². The summed E-state index contributed by atoms with van der Waals surface area (Å²) in [7, 11) is 0. The summed E-state index contributed by atoms with van der Waals surface area (Å²) in [6, 6.07) is 2.67. The normalized spacial score (nSPS) is 20.5. The molecule has 2 fully saturated rings. The minimum atomic E-state index is 0.518. The molecule has 1 aromatic rings. The predicted octanol–water partition coefficient (Wildman–Crippen LogP) is 3.40. The van der Waals surface area contributed by atoms with Crippen LogP contribution in [-0.2, 0) is 0 Å². The van der Waals surface area contributed by atoms with Crippen LogP contribution in [0.5, 0.6) is 0 Å². The van der Waals surface area contributed by atoms with Crippen molar-refractivity contribution in [1.82, 2.24) is 15.3 Å². The lowest BCUT2D eigenvalue weighted by molar-refractivity contribution is 0.481. The van der Waals surface area contributed by atoms with Gasteiger partial charge in [0.15, 0.2) is 5.11 Å². The van der Waals surface area contributed by atoms with Crippen LogP contribution >= 0.6 is 12.2 Å². The van der Waals surface area contributed by atoms with Crippen molar-refractivity contribution in [3.8, 4) is 0 Å². The Hall–Kier alpha value is -1.63. The second kappa shape index (κ2) is 8.84. The molecule has 144 valence electrons.